The largest absolute Gasteiger partial charge is 0.377 e. The van der Waals surface area contributed by atoms with Crippen LogP contribution in [0.1, 0.15) is 50.5 Å². The number of rotatable bonds is 8. The van der Waals surface area contributed by atoms with Gasteiger partial charge in [0.25, 0.3) is 0 Å². The maximum Gasteiger partial charge on any atom is 0.224 e. The number of halogens is 3. The summed E-state index contributed by atoms with van der Waals surface area (Å²) >= 11 is 0. The van der Waals surface area contributed by atoms with Crippen molar-refractivity contribution in [3.8, 4) is 0 Å². The number of hydrogen-bond acceptors (Lipinski definition) is 5. The number of carbonyl (C=O) groups is 1. The first-order chi connectivity index (χ1) is 15.6. The lowest BCUT2D eigenvalue weighted by Gasteiger charge is -2.41. The fourth-order valence-electron chi connectivity index (χ4n) is 5.63. The summed E-state index contributed by atoms with van der Waals surface area (Å²) < 4.78 is 70.9. The van der Waals surface area contributed by atoms with Gasteiger partial charge in [0.15, 0.2) is 21.5 Å². The summed E-state index contributed by atoms with van der Waals surface area (Å²) in [6.45, 7) is 0.586. The van der Waals surface area contributed by atoms with E-state index < -0.39 is 33.3 Å². The molecule has 1 aromatic carbocycles. The Morgan fingerprint density at radius 1 is 1.09 bits per heavy atom. The van der Waals surface area contributed by atoms with Crippen molar-refractivity contribution in [3.63, 3.8) is 0 Å². The summed E-state index contributed by atoms with van der Waals surface area (Å²) in [5, 5.41) is 0. The van der Waals surface area contributed by atoms with Gasteiger partial charge in [0, 0.05) is 37.2 Å². The minimum absolute atomic E-state index is 0.0160. The minimum atomic E-state index is -3.37. The zero-order chi connectivity index (χ0) is 23.8. The molecule has 3 aliphatic rings. The maximum absolute atomic E-state index is 14.0. The first-order valence-electron chi connectivity index (χ1n) is 11.6. The zero-order valence-corrected chi connectivity index (χ0v) is 19.3. The highest BCUT2D eigenvalue weighted by Gasteiger charge is 2.44. The van der Waals surface area contributed by atoms with Crippen LogP contribution >= 0.6 is 0 Å². The average Bonchev–Trinajstić information content (AvgIpc) is 3.35. The summed E-state index contributed by atoms with van der Waals surface area (Å²) in [5.41, 5.74) is 6.37. The third-order valence-electron chi connectivity index (χ3n) is 7.30. The molecular formula is C23H31F3N2O4S. The molecule has 184 valence electrons. The van der Waals surface area contributed by atoms with Crippen LogP contribution in [0.2, 0.25) is 0 Å². The van der Waals surface area contributed by atoms with Gasteiger partial charge >= 0.3 is 0 Å². The van der Waals surface area contributed by atoms with E-state index >= 15 is 0 Å². The Bertz CT molecular complexity index is 970. The van der Waals surface area contributed by atoms with Crippen molar-refractivity contribution < 1.29 is 31.1 Å². The normalized spacial score (nSPS) is 28.3. The third-order valence-corrected chi connectivity index (χ3v) is 9.00. The lowest BCUT2D eigenvalue weighted by molar-refractivity contribution is -0.136. The van der Waals surface area contributed by atoms with Crippen molar-refractivity contribution >= 4 is 15.7 Å². The lowest BCUT2D eigenvalue weighted by atomic mass is 9.82. The molecule has 0 aliphatic carbocycles. The molecule has 3 fully saturated rings. The van der Waals surface area contributed by atoms with Gasteiger partial charge in [-0.1, -0.05) is 0 Å². The molecule has 3 heterocycles. The minimum Gasteiger partial charge on any atom is -0.377 e. The molecule has 6 nitrogen and oxygen atoms in total. The van der Waals surface area contributed by atoms with Gasteiger partial charge in [-0.15, -0.1) is 0 Å². The first kappa shape index (κ1) is 24.5. The molecular weight excluding hydrogens is 457 g/mol. The molecule has 4 atom stereocenters. The van der Waals surface area contributed by atoms with E-state index in [2.05, 4.69) is 0 Å². The van der Waals surface area contributed by atoms with Crippen molar-refractivity contribution in [1.82, 2.24) is 4.90 Å². The summed E-state index contributed by atoms with van der Waals surface area (Å²) in [6, 6.07) is 0.895. The highest BCUT2D eigenvalue weighted by atomic mass is 32.2. The van der Waals surface area contributed by atoms with Crippen LogP contribution in [0, 0.1) is 23.4 Å². The van der Waals surface area contributed by atoms with Gasteiger partial charge in [-0.25, -0.2) is 21.6 Å². The Hall–Kier alpha value is -1.65. The van der Waals surface area contributed by atoms with Gasteiger partial charge < -0.3 is 15.4 Å². The summed E-state index contributed by atoms with van der Waals surface area (Å²) in [4.78, 5) is 14.7. The fourth-order valence-corrected chi connectivity index (χ4v) is 7.11. The first-order valence-corrected chi connectivity index (χ1v) is 13.5. The van der Waals surface area contributed by atoms with Gasteiger partial charge in [-0.2, -0.15) is 0 Å². The van der Waals surface area contributed by atoms with Crippen molar-refractivity contribution in [2.24, 2.45) is 11.7 Å². The number of amides is 1. The smallest absolute Gasteiger partial charge is 0.224 e. The van der Waals surface area contributed by atoms with Gasteiger partial charge in [-0.05, 0) is 62.5 Å². The van der Waals surface area contributed by atoms with E-state index in [0.29, 0.717) is 25.5 Å². The summed E-state index contributed by atoms with van der Waals surface area (Å²) in [7, 11) is -3.37. The van der Waals surface area contributed by atoms with Crippen molar-refractivity contribution in [2.45, 2.75) is 75.6 Å². The van der Waals surface area contributed by atoms with Crippen LogP contribution in [-0.2, 0) is 25.8 Å². The second-order valence-electron chi connectivity index (χ2n) is 9.64. The molecule has 0 radical (unpaired) electrons. The van der Waals surface area contributed by atoms with Crippen molar-refractivity contribution in [2.75, 3.05) is 18.1 Å². The highest BCUT2D eigenvalue weighted by Crippen LogP contribution is 2.40. The van der Waals surface area contributed by atoms with Crippen LogP contribution in [0.4, 0.5) is 13.2 Å². The second kappa shape index (κ2) is 9.92. The van der Waals surface area contributed by atoms with Crippen LogP contribution in [0.3, 0.4) is 0 Å². The Kier molecular flexibility index (Phi) is 7.35. The standard InChI is InChI=1S/C23H31F3N2O4S/c24-19-12-21(26)20(25)10-14(19)11-22(27)15-8-16-3-4-17(9-15)28(16)23(29)5-7-33(30,31)13-18-2-1-6-32-18/h10,12,15-18,22H,1-9,11,13,27H2. The number of fused-ring (bicyclic) bond motifs is 2. The fraction of sp³-hybridized carbons (Fsp3) is 0.696. The topological polar surface area (TPSA) is 89.7 Å². The number of ether oxygens (including phenoxy) is 1. The number of benzene rings is 1. The molecule has 4 rings (SSSR count). The van der Waals surface area contributed by atoms with Crippen LogP contribution < -0.4 is 5.73 Å². The van der Waals surface area contributed by atoms with Crippen molar-refractivity contribution in [3.05, 3.63) is 35.1 Å². The van der Waals surface area contributed by atoms with Crippen molar-refractivity contribution in [1.29, 1.82) is 0 Å². The molecule has 3 saturated heterocycles. The zero-order valence-electron chi connectivity index (χ0n) is 18.5. The number of piperidine rings is 1. The Morgan fingerprint density at radius 2 is 1.76 bits per heavy atom. The van der Waals surface area contributed by atoms with Crippen LogP contribution in [0.15, 0.2) is 12.1 Å². The Labute approximate surface area is 192 Å². The molecule has 0 saturated carbocycles. The summed E-state index contributed by atoms with van der Waals surface area (Å²) in [6.07, 6.45) is 4.29. The molecule has 0 aromatic heterocycles. The number of hydrogen-bond donors (Lipinski definition) is 1. The summed E-state index contributed by atoms with van der Waals surface area (Å²) in [5.74, 6) is -3.51. The maximum atomic E-state index is 14.0. The number of carbonyl (C=O) groups excluding carboxylic acids is 1. The number of nitrogens with zero attached hydrogens (tertiary/aromatic N) is 1. The average molecular weight is 489 g/mol. The molecule has 4 unspecified atom stereocenters. The molecule has 1 aromatic rings. The van der Waals surface area contributed by atoms with E-state index in [9.17, 15) is 26.4 Å². The Balaban J connectivity index is 1.32. The van der Waals surface area contributed by atoms with E-state index in [1.165, 1.54) is 0 Å². The molecule has 0 spiro atoms. The van der Waals surface area contributed by atoms with Crippen LogP contribution in [-0.4, -0.2) is 61.6 Å². The predicted molar refractivity (Wildman–Crippen MR) is 117 cm³/mol. The second-order valence-corrected chi connectivity index (χ2v) is 11.9. The molecule has 2 bridgehead atoms. The van der Waals surface area contributed by atoms with Gasteiger partial charge in [-0.3, -0.25) is 4.79 Å². The van der Waals surface area contributed by atoms with Crippen LogP contribution in [0.25, 0.3) is 0 Å². The van der Waals surface area contributed by atoms with E-state index in [1.54, 1.807) is 0 Å². The molecule has 10 heteroatoms. The Morgan fingerprint density at radius 3 is 2.39 bits per heavy atom. The van der Waals surface area contributed by atoms with Gasteiger partial charge in [0.2, 0.25) is 5.91 Å². The monoisotopic (exact) mass is 488 g/mol. The predicted octanol–water partition coefficient (Wildman–Crippen LogP) is 2.73. The third kappa shape index (κ3) is 5.71. The SMILES string of the molecule is NC(Cc1cc(F)c(F)cc1F)C1CC2CCC(C1)N2C(=O)CCS(=O)(=O)CC1CCCO1. The molecule has 33 heavy (non-hydrogen) atoms. The quantitative estimate of drug-likeness (QED) is 0.569. The highest BCUT2D eigenvalue weighted by molar-refractivity contribution is 7.91. The van der Waals surface area contributed by atoms with Gasteiger partial charge in [0.05, 0.1) is 17.6 Å². The number of sulfone groups is 1. The van der Waals surface area contributed by atoms with E-state index in [4.69, 9.17) is 10.5 Å². The van der Waals surface area contributed by atoms with Crippen LogP contribution in [0.5, 0.6) is 0 Å². The van der Waals surface area contributed by atoms with E-state index in [0.717, 1.165) is 31.7 Å². The van der Waals surface area contributed by atoms with E-state index in [-0.39, 0.29) is 59.9 Å². The van der Waals surface area contributed by atoms with Gasteiger partial charge in [0.1, 0.15) is 5.82 Å². The molecule has 2 N–H and O–H groups in total. The molecule has 1 amide bonds. The molecule has 3 aliphatic heterocycles. The lowest BCUT2D eigenvalue weighted by Crippen LogP contribution is -2.50. The number of nitrogens with two attached hydrogens (primary N) is 1. The van der Waals surface area contributed by atoms with E-state index in [1.807, 2.05) is 4.90 Å².